The van der Waals surface area contributed by atoms with Gasteiger partial charge in [0.05, 0.1) is 6.61 Å². The molecule has 61 heavy (non-hydrogen) atoms. The number of rotatable bonds is 37. The van der Waals surface area contributed by atoms with Gasteiger partial charge >= 0.3 is 19.8 Å². The van der Waals surface area contributed by atoms with Gasteiger partial charge in [0, 0.05) is 12.8 Å². The van der Waals surface area contributed by atoms with Gasteiger partial charge in [-0.1, -0.05) is 164 Å². The number of carbonyl (C=O) groups excluding carboxylic acids is 2. The van der Waals surface area contributed by atoms with Gasteiger partial charge < -0.3 is 39.9 Å². The van der Waals surface area contributed by atoms with Gasteiger partial charge in [-0.15, -0.1) is 0 Å². The summed E-state index contributed by atoms with van der Waals surface area (Å²) in [5.74, 6) is -1.20. The van der Waals surface area contributed by atoms with E-state index in [0.717, 1.165) is 51.4 Å². The zero-order valence-corrected chi connectivity index (χ0v) is 38.1. The average molecular weight is 885 g/mol. The van der Waals surface area contributed by atoms with Crippen molar-refractivity contribution < 1.29 is 63.1 Å². The second kappa shape index (κ2) is 37.0. The van der Waals surface area contributed by atoms with Crippen molar-refractivity contribution in [2.75, 3.05) is 13.2 Å². The minimum atomic E-state index is -5.13. The molecule has 0 heterocycles. The zero-order chi connectivity index (χ0) is 45.0. The van der Waals surface area contributed by atoms with E-state index in [0.29, 0.717) is 19.3 Å². The van der Waals surface area contributed by atoms with Crippen LogP contribution in [0.15, 0.2) is 60.8 Å². The Labute approximate surface area is 366 Å². The van der Waals surface area contributed by atoms with Gasteiger partial charge in [0.2, 0.25) is 0 Å². The van der Waals surface area contributed by atoms with E-state index in [-0.39, 0.29) is 12.8 Å². The van der Waals surface area contributed by atoms with Crippen molar-refractivity contribution in [2.45, 2.75) is 211 Å². The molecule has 0 bridgehead atoms. The molecule has 14 heteroatoms. The first-order chi connectivity index (χ1) is 29.4. The lowest BCUT2D eigenvalue weighted by Gasteiger charge is -2.41. The van der Waals surface area contributed by atoms with Gasteiger partial charge in [0.15, 0.2) is 6.10 Å². The van der Waals surface area contributed by atoms with Crippen LogP contribution in [0, 0.1) is 0 Å². The maximum absolute atomic E-state index is 12.8. The normalized spacial score (nSPS) is 22.6. The fraction of sp³-hybridized carbons (Fsp3) is 0.745. The molecule has 1 aliphatic carbocycles. The van der Waals surface area contributed by atoms with Crippen molar-refractivity contribution >= 4 is 19.8 Å². The summed E-state index contributed by atoms with van der Waals surface area (Å²) in [4.78, 5) is 35.6. The number of ether oxygens (including phenoxy) is 2. The Morgan fingerprint density at radius 2 is 0.918 bits per heavy atom. The number of unbranched alkanes of at least 4 members (excludes halogenated alkanes) is 15. The van der Waals surface area contributed by atoms with E-state index < -0.39 is 75.7 Å². The third kappa shape index (κ3) is 29.5. The molecule has 0 aromatic heterocycles. The van der Waals surface area contributed by atoms with Crippen LogP contribution in [-0.4, -0.2) is 98.3 Å². The molecule has 352 valence electrons. The number of phosphoric acid groups is 1. The predicted molar refractivity (Wildman–Crippen MR) is 239 cm³/mol. The minimum Gasteiger partial charge on any atom is -0.462 e. The SMILES string of the molecule is CCCCC/C=C\C/C=C\C/C=C\C/C=C\C/C=C\CCC(=O)OC[C@H](COP(=O)(O)OC1C(O)C(O)C(O)[C@@H](O)C1O)OC(=O)CCCCCCCCCCCCCCC. The minimum absolute atomic E-state index is 0.0428. The highest BCUT2D eigenvalue weighted by molar-refractivity contribution is 7.47. The molecule has 1 fully saturated rings. The summed E-state index contributed by atoms with van der Waals surface area (Å²) >= 11 is 0. The van der Waals surface area contributed by atoms with Gasteiger partial charge in [0.25, 0.3) is 0 Å². The summed E-state index contributed by atoms with van der Waals surface area (Å²) in [7, 11) is -5.13. The van der Waals surface area contributed by atoms with E-state index in [2.05, 4.69) is 56.4 Å². The van der Waals surface area contributed by atoms with Crippen LogP contribution in [0.3, 0.4) is 0 Å². The molecular weight excluding hydrogens is 803 g/mol. The number of aliphatic hydroxyl groups excluding tert-OH is 5. The lowest BCUT2D eigenvalue weighted by Crippen LogP contribution is -2.64. The van der Waals surface area contributed by atoms with E-state index in [4.69, 9.17) is 18.5 Å². The molecule has 0 aromatic carbocycles. The quantitative estimate of drug-likeness (QED) is 0.0149. The molecular formula is C47H81O13P. The van der Waals surface area contributed by atoms with Crippen molar-refractivity contribution in [3.05, 3.63) is 60.8 Å². The van der Waals surface area contributed by atoms with Crippen LogP contribution in [-0.2, 0) is 32.7 Å². The zero-order valence-electron chi connectivity index (χ0n) is 37.2. The number of hydrogen-bond donors (Lipinski definition) is 6. The Morgan fingerprint density at radius 1 is 0.508 bits per heavy atom. The highest BCUT2D eigenvalue weighted by Gasteiger charge is 2.51. The largest absolute Gasteiger partial charge is 0.472 e. The van der Waals surface area contributed by atoms with E-state index in [1.165, 1.54) is 70.6 Å². The number of carbonyl (C=O) groups is 2. The monoisotopic (exact) mass is 885 g/mol. The molecule has 1 aliphatic rings. The standard InChI is InChI=1S/C47H81O13P/c1-3-5-7-9-11-13-15-17-18-19-20-21-22-24-25-27-29-31-33-35-40(48)57-37-39(38-58-61(55,56)60-47-45(53)43(51)42(50)44(52)46(47)54)59-41(49)36-34-32-30-28-26-23-16-14-12-10-8-6-4-2/h11,13,17-18,20-21,24-25,29,31,39,42-47,50-54H,3-10,12,14-16,19,22-23,26-28,30,32-38H2,1-2H3,(H,55,56)/b13-11-,18-17-,21-20-,25-24-,31-29-/t39-,42?,43-,44?,45?,46?,47?/m1/s1. The van der Waals surface area contributed by atoms with Crippen LogP contribution in [0.4, 0.5) is 0 Å². The Balaban J connectivity index is 2.51. The van der Waals surface area contributed by atoms with Crippen LogP contribution < -0.4 is 0 Å². The first-order valence-electron chi connectivity index (χ1n) is 23.1. The molecule has 0 saturated heterocycles. The predicted octanol–water partition coefficient (Wildman–Crippen LogP) is 8.94. The van der Waals surface area contributed by atoms with Crippen LogP contribution >= 0.6 is 7.82 Å². The lowest BCUT2D eigenvalue weighted by molar-refractivity contribution is -0.220. The van der Waals surface area contributed by atoms with Gasteiger partial charge in [-0.3, -0.25) is 18.6 Å². The lowest BCUT2D eigenvalue weighted by atomic mass is 9.85. The maximum atomic E-state index is 12.8. The molecule has 6 N–H and O–H groups in total. The summed E-state index contributed by atoms with van der Waals surface area (Å²) < 4.78 is 33.4. The average Bonchev–Trinajstić information content (AvgIpc) is 3.24. The number of allylic oxidation sites excluding steroid dienone is 10. The summed E-state index contributed by atoms with van der Waals surface area (Å²) in [6.45, 7) is 3.20. The fourth-order valence-electron chi connectivity index (χ4n) is 6.62. The van der Waals surface area contributed by atoms with Crippen LogP contribution in [0.25, 0.3) is 0 Å². The second-order valence-electron chi connectivity index (χ2n) is 15.9. The molecule has 0 aromatic rings. The first kappa shape index (κ1) is 56.6. The van der Waals surface area contributed by atoms with Gasteiger partial charge in [0.1, 0.15) is 43.2 Å². The third-order valence-electron chi connectivity index (χ3n) is 10.4. The van der Waals surface area contributed by atoms with E-state index in [1.54, 1.807) is 0 Å². The van der Waals surface area contributed by atoms with Gasteiger partial charge in [-0.2, -0.15) is 0 Å². The Hall–Kier alpha value is -2.45. The van der Waals surface area contributed by atoms with E-state index in [9.17, 15) is 44.6 Å². The highest BCUT2D eigenvalue weighted by atomic mass is 31.2. The summed E-state index contributed by atoms with van der Waals surface area (Å²) in [5, 5.41) is 50.1. The number of phosphoric ester groups is 1. The number of aliphatic hydroxyl groups is 5. The van der Waals surface area contributed by atoms with E-state index >= 15 is 0 Å². The first-order valence-corrected chi connectivity index (χ1v) is 24.6. The molecule has 0 radical (unpaired) electrons. The molecule has 8 atom stereocenters. The summed E-state index contributed by atoms with van der Waals surface area (Å²) in [5.41, 5.74) is 0. The van der Waals surface area contributed by atoms with Gasteiger partial charge in [-0.25, -0.2) is 4.57 Å². The van der Waals surface area contributed by atoms with Crippen LogP contribution in [0.5, 0.6) is 0 Å². The molecule has 6 unspecified atom stereocenters. The van der Waals surface area contributed by atoms with Crippen LogP contribution in [0.1, 0.15) is 168 Å². The topological polar surface area (TPSA) is 210 Å². The molecule has 0 amide bonds. The highest BCUT2D eigenvalue weighted by Crippen LogP contribution is 2.47. The molecule has 13 nitrogen and oxygen atoms in total. The van der Waals surface area contributed by atoms with Crippen molar-refractivity contribution in [1.29, 1.82) is 0 Å². The van der Waals surface area contributed by atoms with Crippen molar-refractivity contribution in [3.63, 3.8) is 0 Å². The van der Waals surface area contributed by atoms with Crippen LogP contribution in [0.2, 0.25) is 0 Å². The summed E-state index contributed by atoms with van der Waals surface area (Å²) in [6, 6.07) is 0. The Bertz CT molecular complexity index is 1300. The smallest absolute Gasteiger partial charge is 0.462 e. The molecule has 0 aliphatic heterocycles. The molecule has 0 spiro atoms. The Kier molecular flexibility index (Phi) is 34.3. The molecule has 1 rings (SSSR count). The van der Waals surface area contributed by atoms with Crippen molar-refractivity contribution in [1.82, 2.24) is 0 Å². The van der Waals surface area contributed by atoms with Gasteiger partial charge in [-0.05, 0) is 51.4 Å². The third-order valence-corrected chi connectivity index (χ3v) is 11.4. The number of esters is 2. The Morgan fingerprint density at radius 3 is 1.41 bits per heavy atom. The second-order valence-corrected chi connectivity index (χ2v) is 17.3. The fourth-order valence-corrected chi connectivity index (χ4v) is 7.59. The summed E-state index contributed by atoms with van der Waals surface area (Å²) in [6.07, 6.45) is 31.5. The maximum Gasteiger partial charge on any atom is 0.472 e. The molecule has 1 saturated carbocycles. The van der Waals surface area contributed by atoms with Crippen molar-refractivity contribution in [2.24, 2.45) is 0 Å². The van der Waals surface area contributed by atoms with E-state index in [1.807, 2.05) is 18.2 Å². The number of hydrogen-bond acceptors (Lipinski definition) is 12. The van der Waals surface area contributed by atoms with Crippen molar-refractivity contribution in [3.8, 4) is 0 Å².